The molecule has 0 aromatic heterocycles. The fourth-order valence-electron chi connectivity index (χ4n) is 4.21. The highest BCUT2D eigenvalue weighted by atomic mass is 16.5. The van der Waals surface area contributed by atoms with E-state index in [1.165, 1.54) is 24.8 Å². The summed E-state index contributed by atoms with van der Waals surface area (Å²) in [4.78, 5) is 11.2. The predicted octanol–water partition coefficient (Wildman–Crippen LogP) is 4.06. The Labute approximate surface area is 144 Å². The minimum Gasteiger partial charge on any atom is -0.479 e. The molecule has 1 aromatic carbocycles. The van der Waals surface area contributed by atoms with Gasteiger partial charge in [-0.3, -0.25) is 0 Å². The highest BCUT2D eigenvalue weighted by molar-refractivity contribution is 5.76. The van der Waals surface area contributed by atoms with E-state index in [0.717, 1.165) is 24.8 Å². The van der Waals surface area contributed by atoms with Crippen molar-refractivity contribution in [1.82, 2.24) is 0 Å². The van der Waals surface area contributed by atoms with Crippen LogP contribution in [-0.2, 0) is 26.3 Å². The molecule has 0 aliphatic heterocycles. The number of carbonyl (C=O) groups is 1. The smallest absolute Gasteiger partial charge is 0.335 e. The Kier molecular flexibility index (Phi) is 4.47. The third kappa shape index (κ3) is 3.09. The van der Waals surface area contributed by atoms with Crippen LogP contribution in [0.2, 0.25) is 0 Å². The summed E-state index contributed by atoms with van der Waals surface area (Å²) in [7, 11) is 1.85. The van der Waals surface area contributed by atoms with Crippen molar-refractivity contribution in [2.24, 2.45) is 0 Å². The summed E-state index contributed by atoms with van der Waals surface area (Å²) in [6, 6.07) is 8.52. The molecule has 132 valence electrons. The lowest BCUT2D eigenvalue weighted by atomic mass is 9.56. The van der Waals surface area contributed by atoms with Gasteiger partial charge in [-0.05, 0) is 68.9 Å². The highest BCUT2D eigenvalue weighted by Gasteiger charge is 2.49. The molecule has 4 rings (SSSR count). The summed E-state index contributed by atoms with van der Waals surface area (Å²) in [6.07, 6.45) is 6.92. The Morgan fingerprint density at radius 1 is 1.17 bits per heavy atom. The molecular weight excluding hydrogens is 304 g/mol. The number of carboxylic acid groups (broad SMARTS) is 1. The molecule has 0 atom stereocenters. The van der Waals surface area contributed by atoms with Crippen LogP contribution >= 0.6 is 0 Å². The van der Waals surface area contributed by atoms with E-state index in [0.29, 0.717) is 6.61 Å². The number of fused-ring (bicyclic) bond motifs is 3. The van der Waals surface area contributed by atoms with Crippen LogP contribution < -0.4 is 0 Å². The molecule has 3 fully saturated rings. The second-order valence-electron chi connectivity index (χ2n) is 7.97. The number of rotatable bonds is 6. The molecule has 2 bridgehead atoms. The van der Waals surface area contributed by atoms with E-state index in [4.69, 9.17) is 9.47 Å². The van der Waals surface area contributed by atoms with Gasteiger partial charge in [-0.2, -0.15) is 0 Å². The molecule has 0 radical (unpaired) electrons. The van der Waals surface area contributed by atoms with Gasteiger partial charge in [-0.1, -0.05) is 24.3 Å². The first kappa shape index (κ1) is 17.4. The van der Waals surface area contributed by atoms with Gasteiger partial charge >= 0.3 is 5.97 Å². The van der Waals surface area contributed by atoms with E-state index in [2.05, 4.69) is 18.2 Å². The molecule has 0 unspecified atom stereocenters. The zero-order chi connectivity index (χ0) is 17.4. The number of hydrogen-bond acceptors (Lipinski definition) is 3. The predicted molar refractivity (Wildman–Crippen MR) is 92.1 cm³/mol. The number of carboxylic acids is 1. The van der Waals surface area contributed by atoms with Gasteiger partial charge in [0, 0.05) is 7.11 Å². The van der Waals surface area contributed by atoms with Crippen LogP contribution in [0.5, 0.6) is 0 Å². The SMILES string of the molecule is COC12CCC(c3cccc(COC(C)(C)C(=O)O)c3)(CC1)CC2. The van der Waals surface area contributed by atoms with Gasteiger partial charge in [-0.15, -0.1) is 0 Å². The van der Waals surface area contributed by atoms with Crippen LogP contribution in [-0.4, -0.2) is 29.4 Å². The minimum absolute atomic E-state index is 0.119. The molecular formula is C20H28O4. The molecule has 1 aromatic rings. The lowest BCUT2D eigenvalue weighted by molar-refractivity contribution is -0.162. The van der Waals surface area contributed by atoms with Gasteiger partial charge in [0.05, 0.1) is 12.2 Å². The normalized spacial score (nSPS) is 29.6. The monoisotopic (exact) mass is 332 g/mol. The highest BCUT2D eigenvalue weighted by Crippen LogP contribution is 2.54. The quantitative estimate of drug-likeness (QED) is 0.853. The fourth-order valence-corrected chi connectivity index (χ4v) is 4.21. The molecule has 0 amide bonds. The van der Waals surface area contributed by atoms with Crippen molar-refractivity contribution in [2.75, 3.05) is 7.11 Å². The molecule has 0 heterocycles. The zero-order valence-corrected chi connectivity index (χ0v) is 14.9. The Balaban J connectivity index is 1.74. The lowest BCUT2D eigenvalue weighted by Crippen LogP contribution is -2.49. The van der Waals surface area contributed by atoms with E-state index in [1.54, 1.807) is 13.8 Å². The number of benzene rings is 1. The molecule has 3 aliphatic rings. The largest absolute Gasteiger partial charge is 0.479 e. The Morgan fingerprint density at radius 3 is 2.33 bits per heavy atom. The van der Waals surface area contributed by atoms with E-state index in [-0.39, 0.29) is 11.0 Å². The molecule has 4 nitrogen and oxygen atoms in total. The first-order valence-electron chi connectivity index (χ1n) is 8.83. The van der Waals surface area contributed by atoms with Gasteiger partial charge in [0.15, 0.2) is 5.60 Å². The summed E-state index contributed by atoms with van der Waals surface area (Å²) in [6.45, 7) is 3.50. The number of ether oxygens (including phenoxy) is 2. The van der Waals surface area contributed by atoms with E-state index < -0.39 is 11.6 Å². The van der Waals surface area contributed by atoms with Crippen LogP contribution in [0.25, 0.3) is 0 Å². The van der Waals surface area contributed by atoms with Crippen LogP contribution in [0.1, 0.15) is 63.5 Å². The minimum atomic E-state index is -1.16. The van der Waals surface area contributed by atoms with Gasteiger partial charge in [0.1, 0.15) is 0 Å². The first-order valence-corrected chi connectivity index (χ1v) is 8.83. The standard InChI is InChI=1S/C20H28O4/c1-18(2,17(21)22)24-14-15-5-4-6-16(13-15)19-7-10-20(23-3,11-8-19)12-9-19/h4-6,13H,7-12,14H2,1-3H3,(H,21,22). The molecule has 0 saturated heterocycles. The molecule has 1 N–H and O–H groups in total. The van der Waals surface area contributed by atoms with E-state index in [1.807, 2.05) is 13.2 Å². The van der Waals surface area contributed by atoms with Crippen molar-refractivity contribution in [1.29, 1.82) is 0 Å². The summed E-state index contributed by atoms with van der Waals surface area (Å²) >= 11 is 0. The van der Waals surface area contributed by atoms with Gasteiger partial charge in [-0.25, -0.2) is 4.79 Å². The summed E-state index contributed by atoms with van der Waals surface area (Å²) in [5.74, 6) is -0.937. The maximum atomic E-state index is 11.2. The number of methoxy groups -OCH3 is 1. The summed E-state index contributed by atoms with van der Waals surface area (Å²) < 4.78 is 11.4. The topological polar surface area (TPSA) is 55.8 Å². The molecule has 3 aliphatic carbocycles. The van der Waals surface area contributed by atoms with Gasteiger partial charge < -0.3 is 14.6 Å². The second kappa shape index (κ2) is 6.16. The van der Waals surface area contributed by atoms with Crippen LogP contribution in [0.15, 0.2) is 24.3 Å². The maximum absolute atomic E-state index is 11.2. The van der Waals surface area contributed by atoms with Crippen molar-refractivity contribution in [3.05, 3.63) is 35.4 Å². The summed E-state index contributed by atoms with van der Waals surface area (Å²) in [5.41, 5.74) is 1.64. The average molecular weight is 332 g/mol. The number of aliphatic carboxylic acids is 1. The average Bonchev–Trinajstić information content (AvgIpc) is 2.62. The van der Waals surface area contributed by atoms with Crippen molar-refractivity contribution in [2.45, 2.75) is 75.6 Å². The third-order valence-corrected chi connectivity index (χ3v) is 6.26. The number of hydrogen-bond donors (Lipinski definition) is 1. The van der Waals surface area contributed by atoms with Crippen LogP contribution in [0.4, 0.5) is 0 Å². The molecule has 3 saturated carbocycles. The van der Waals surface area contributed by atoms with E-state index in [9.17, 15) is 9.90 Å². The van der Waals surface area contributed by atoms with Crippen molar-refractivity contribution in [3.63, 3.8) is 0 Å². The van der Waals surface area contributed by atoms with Crippen molar-refractivity contribution >= 4 is 5.97 Å². The van der Waals surface area contributed by atoms with Gasteiger partial charge in [0.2, 0.25) is 0 Å². The zero-order valence-electron chi connectivity index (χ0n) is 14.9. The second-order valence-corrected chi connectivity index (χ2v) is 7.97. The lowest BCUT2D eigenvalue weighted by Gasteiger charge is -2.53. The Bertz CT molecular complexity index is 595. The van der Waals surface area contributed by atoms with E-state index >= 15 is 0 Å². The first-order chi connectivity index (χ1) is 11.3. The molecule has 24 heavy (non-hydrogen) atoms. The van der Waals surface area contributed by atoms with Gasteiger partial charge in [0.25, 0.3) is 0 Å². The van der Waals surface area contributed by atoms with Crippen molar-refractivity contribution < 1.29 is 19.4 Å². The van der Waals surface area contributed by atoms with Crippen LogP contribution in [0, 0.1) is 0 Å². The maximum Gasteiger partial charge on any atom is 0.335 e. The molecule has 0 spiro atoms. The Hall–Kier alpha value is -1.39. The molecule has 4 heteroatoms. The third-order valence-electron chi connectivity index (χ3n) is 6.26. The van der Waals surface area contributed by atoms with Crippen molar-refractivity contribution in [3.8, 4) is 0 Å². The summed E-state index contributed by atoms with van der Waals surface area (Å²) in [5, 5.41) is 9.17. The Morgan fingerprint density at radius 2 is 1.79 bits per heavy atom. The van der Waals surface area contributed by atoms with Crippen LogP contribution in [0.3, 0.4) is 0 Å². The fraction of sp³-hybridized carbons (Fsp3) is 0.650.